The molecule has 0 radical (unpaired) electrons. The zero-order chi connectivity index (χ0) is 26.1. The molecule has 0 aromatic heterocycles. The summed E-state index contributed by atoms with van der Waals surface area (Å²) in [6.07, 6.45) is 2.64. The third-order valence-corrected chi connectivity index (χ3v) is 7.07. The fraction of sp³-hybridized carbons (Fsp3) is 0.889. The first kappa shape index (κ1) is 30.4. The SMILES string of the molecule is C=C(C)C(=O)OCC1CCC2OCCN3CCOCCOCCN(CCOCCOCC3)CCOC2C1. The number of hydrogen-bond acceptors (Lipinski definition) is 10. The van der Waals surface area contributed by atoms with Crippen molar-refractivity contribution in [3.8, 4) is 0 Å². The van der Waals surface area contributed by atoms with Crippen LogP contribution in [0.15, 0.2) is 12.2 Å². The molecule has 0 spiro atoms. The summed E-state index contributed by atoms with van der Waals surface area (Å²) in [7, 11) is 0. The third-order valence-electron chi connectivity index (χ3n) is 7.07. The Labute approximate surface area is 222 Å². The molecule has 37 heavy (non-hydrogen) atoms. The van der Waals surface area contributed by atoms with E-state index in [1.54, 1.807) is 6.92 Å². The van der Waals surface area contributed by atoms with Crippen LogP contribution in [0.25, 0.3) is 0 Å². The largest absolute Gasteiger partial charge is 0.462 e. The second-order valence-electron chi connectivity index (χ2n) is 10.0. The van der Waals surface area contributed by atoms with Crippen LogP contribution in [0.3, 0.4) is 0 Å². The topological polar surface area (TPSA) is 88.2 Å². The van der Waals surface area contributed by atoms with Gasteiger partial charge in [-0.3, -0.25) is 9.80 Å². The van der Waals surface area contributed by atoms with Gasteiger partial charge in [-0.1, -0.05) is 6.58 Å². The van der Waals surface area contributed by atoms with E-state index in [0.717, 1.165) is 58.5 Å². The first-order chi connectivity index (χ1) is 18.1. The van der Waals surface area contributed by atoms with Gasteiger partial charge < -0.3 is 33.2 Å². The van der Waals surface area contributed by atoms with E-state index in [-0.39, 0.29) is 24.1 Å². The van der Waals surface area contributed by atoms with Gasteiger partial charge >= 0.3 is 5.97 Å². The summed E-state index contributed by atoms with van der Waals surface area (Å²) in [6.45, 7) is 16.8. The van der Waals surface area contributed by atoms with Crippen molar-refractivity contribution in [2.75, 3.05) is 112 Å². The van der Waals surface area contributed by atoms with Crippen molar-refractivity contribution >= 4 is 5.97 Å². The van der Waals surface area contributed by atoms with E-state index in [4.69, 9.17) is 33.2 Å². The quantitative estimate of drug-likeness (QED) is 0.395. The molecule has 1 saturated carbocycles. The number of rotatable bonds is 3. The van der Waals surface area contributed by atoms with Crippen LogP contribution in [0.5, 0.6) is 0 Å². The molecule has 3 atom stereocenters. The predicted molar refractivity (Wildman–Crippen MR) is 139 cm³/mol. The molecule has 2 bridgehead atoms. The first-order valence-electron chi connectivity index (χ1n) is 13.9. The molecular weight excluding hydrogens is 480 g/mol. The zero-order valence-corrected chi connectivity index (χ0v) is 22.7. The van der Waals surface area contributed by atoms with E-state index < -0.39 is 0 Å². The maximum Gasteiger partial charge on any atom is 0.333 e. The molecule has 0 aromatic rings. The number of nitrogens with zero attached hydrogens (tertiary/aromatic N) is 2. The maximum atomic E-state index is 11.9. The summed E-state index contributed by atoms with van der Waals surface area (Å²) in [6, 6.07) is 0. The lowest BCUT2D eigenvalue weighted by Gasteiger charge is -2.36. The van der Waals surface area contributed by atoms with Gasteiger partial charge in [0.2, 0.25) is 0 Å². The molecule has 3 aliphatic heterocycles. The summed E-state index contributed by atoms with van der Waals surface area (Å²) >= 11 is 0. The van der Waals surface area contributed by atoms with Gasteiger partial charge in [0, 0.05) is 44.8 Å². The molecule has 3 unspecified atom stereocenters. The fourth-order valence-corrected chi connectivity index (χ4v) is 4.77. The van der Waals surface area contributed by atoms with Gasteiger partial charge in [-0.05, 0) is 32.1 Å². The molecule has 4 rings (SSSR count). The Balaban J connectivity index is 1.64. The number of fused-ring (bicyclic) bond motifs is 18. The average molecular weight is 529 g/mol. The highest BCUT2D eigenvalue weighted by Crippen LogP contribution is 2.29. The number of carbonyl (C=O) groups is 1. The smallest absolute Gasteiger partial charge is 0.333 e. The molecule has 4 aliphatic rings. The Hall–Kier alpha value is -1.11. The van der Waals surface area contributed by atoms with Crippen LogP contribution in [-0.4, -0.2) is 140 Å². The number of esters is 1. The molecule has 0 N–H and O–H groups in total. The molecule has 3 saturated heterocycles. The highest BCUT2D eigenvalue weighted by atomic mass is 16.5. The van der Waals surface area contributed by atoms with E-state index in [1.807, 2.05) is 0 Å². The molecular formula is C27H48N2O8. The van der Waals surface area contributed by atoms with Gasteiger partial charge in [0.05, 0.1) is 84.9 Å². The van der Waals surface area contributed by atoms with Crippen molar-refractivity contribution in [3.63, 3.8) is 0 Å². The van der Waals surface area contributed by atoms with Crippen molar-refractivity contribution in [1.29, 1.82) is 0 Å². The molecule has 10 heteroatoms. The van der Waals surface area contributed by atoms with Gasteiger partial charge in [0.25, 0.3) is 0 Å². The average Bonchev–Trinajstić information content (AvgIpc) is 2.89. The minimum atomic E-state index is -0.328. The van der Waals surface area contributed by atoms with Gasteiger partial charge in [0.15, 0.2) is 0 Å². The molecule has 4 fully saturated rings. The van der Waals surface area contributed by atoms with Crippen LogP contribution in [0.4, 0.5) is 0 Å². The minimum absolute atomic E-state index is 0.0281. The summed E-state index contributed by atoms with van der Waals surface area (Å²) in [5.74, 6) is -0.0714. The van der Waals surface area contributed by atoms with Crippen LogP contribution in [0, 0.1) is 5.92 Å². The monoisotopic (exact) mass is 528 g/mol. The van der Waals surface area contributed by atoms with Crippen molar-refractivity contribution < 1.29 is 38.0 Å². The second-order valence-corrected chi connectivity index (χ2v) is 10.0. The van der Waals surface area contributed by atoms with E-state index >= 15 is 0 Å². The molecule has 0 amide bonds. The van der Waals surface area contributed by atoms with Crippen LogP contribution in [0.1, 0.15) is 26.2 Å². The first-order valence-corrected chi connectivity index (χ1v) is 13.9. The highest BCUT2D eigenvalue weighted by molar-refractivity contribution is 5.86. The van der Waals surface area contributed by atoms with Crippen LogP contribution in [-0.2, 0) is 38.0 Å². The summed E-state index contributed by atoms with van der Waals surface area (Å²) in [4.78, 5) is 16.5. The Morgan fingerprint density at radius 1 is 0.703 bits per heavy atom. The fourth-order valence-electron chi connectivity index (χ4n) is 4.77. The Bertz CT molecular complexity index is 632. The molecule has 0 aromatic carbocycles. The van der Waals surface area contributed by atoms with Gasteiger partial charge in [-0.15, -0.1) is 0 Å². The minimum Gasteiger partial charge on any atom is -0.462 e. The molecule has 10 nitrogen and oxygen atoms in total. The van der Waals surface area contributed by atoms with Gasteiger partial charge in [-0.25, -0.2) is 4.79 Å². The van der Waals surface area contributed by atoms with Crippen LogP contribution in [0.2, 0.25) is 0 Å². The lowest BCUT2D eigenvalue weighted by atomic mass is 9.85. The van der Waals surface area contributed by atoms with Crippen molar-refractivity contribution in [2.45, 2.75) is 38.4 Å². The Morgan fingerprint density at radius 2 is 1.16 bits per heavy atom. The summed E-state index contributed by atoms with van der Waals surface area (Å²) < 4.78 is 41.5. The van der Waals surface area contributed by atoms with E-state index in [2.05, 4.69) is 16.4 Å². The normalized spacial score (nSPS) is 32.5. The van der Waals surface area contributed by atoms with E-state index in [1.165, 1.54) is 0 Å². The molecule has 3 heterocycles. The maximum absolute atomic E-state index is 11.9. The lowest BCUT2D eigenvalue weighted by molar-refractivity contribution is -0.144. The number of hydrogen-bond donors (Lipinski definition) is 0. The number of ether oxygens (including phenoxy) is 7. The van der Waals surface area contributed by atoms with Crippen LogP contribution >= 0.6 is 0 Å². The molecule has 214 valence electrons. The Morgan fingerprint density at radius 3 is 1.65 bits per heavy atom. The zero-order valence-electron chi connectivity index (χ0n) is 22.7. The van der Waals surface area contributed by atoms with Crippen molar-refractivity contribution in [1.82, 2.24) is 9.80 Å². The van der Waals surface area contributed by atoms with Gasteiger partial charge in [0.1, 0.15) is 0 Å². The highest BCUT2D eigenvalue weighted by Gasteiger charge is 2.33. The predicted octanol–water partition coefficient (Wildman–Crippen LogP) is 1.37. The third kappa shape index (κ3) is 12.5. The van der Waals surface area contributed by atoms with E-state index in [0.29, 0.717) is 78.2 Å². The Kier molecular flexibility index (Phi) is 15.0. The number of carbonyl (C=O) groups excluding carboxylic acids is 1. The van der Waals surface area contributed by atoms with Crippen molar-refractivity contribution in [2.24, 2.45) is 5.92 Å². The van der Waals surface area contributed by atoms with E-state index in [9.17, 15) is 4.79 Å². The van der Waals surface area contributed by atoms with Crippen LogP contribution < -0.4 is 0 Å². The summed E-state index contributed by atoms with van der Waals surface area (Å²) in [5.41, 5.74) is 0.428. The lowest BCUT2D eigenvalue weighted by Crippen LogP contribution is -2.43. The standard InChI is InChI=1S/C27H48N2O8/c1-23(2)27(30)37-22-24-3-4-25-26(21-24)36-16-10-29-7-13-33-19-17-31-11-5-28(9-15-35-25)6-12-32-18-20-34-14-8-29/h24-26H,1,3-22H2,2H3. The molecule has 1 aliphatic carbocycles. The van der Waals surface area contributed by atoms with Crippen molar-refractivity contribution in [3.05, 3.63) is 12.2 Å². The second kappa shape index (κ2) is 18.2. The van der Waals surface area contributed by atoms with Gasteiger partial charge in [-0.2, -0.15) is 0 Å². The summed E-state index contributed by atoms with van der Waals surface area (Å²) in [5, 5.41) is 0.